The van der Waals surface area contributed by atoms with Crippen molar-refractivity contribution in [3.05, 3.63) is 47.7 Å². The molecular weight excluding hydrogens is 383 g/mol. The minimum Gasteiger partial charge on any atom is -0.383 e. The predicted octanol–water partition coefficient (Wildman–Crippen LogP) is 2.58. The molecule has 0 radical (unpaired) electrons. The summed E-state index contributed by atoms with van der Waals surface area (Å²) >= 11 is 0. The van der Waals surface area contributed by atoms with E-state index in [4.69, 9.17) is 4.74 Å². The maximum atomic E-state index is 13.4. The number of fused-ring (bicyclic) bond motifs is 1. The van der Waals surface area contributed by atoms with Gasteiger partial charge in [0.15, 0.2) is 0 Å². The van der Waals surface area contributed by atoms with Crippen molar-refractivity contribution in [3.63, 3.8) is 0 Å². The van der Waals surface area contributed by atoms with E-state index < -0.39 is 9.84 Å². The monoisotopic (exact) mass is 408 g/mol. The molecule has 2 heterocycles. The normalized spacial score (nSPS) is 12.3. The molecule has 0 fully saturated rings. The van der Waals surface area contributed by atoms with Crippen LogP contribution >= 0.6 is 0 Å². The molecule has 0 aliphatic carbocycles. The summed E-state index contributed by atoms with van der Waals surface area (Å²) in [6, 6.07) is 6.56. The van der Waals surface area contributed by atoms with E-state index in [0.717, 1.165) is 22.3 Å². The number of hydrogen-bond acceptors (Lipinski definition) is 5. The van der Waals surface area contributed by atoms with Gasteiger partial charge in [0.25, 0.3) is 0 Å². The fourth-order valence-corrected chi connectivity index (χ4v) is 4.21. The summed E-state index contributed by atoms with van der Waals surface area (Å²) in [6.45, 7) is 3.53. The molecule has 7 nitrogen and oxygen atoms in total. The van der Waals surface area contributed by atoms with Gasteiger partial charge < -0.3 is 14.3 Å². The van der Waals surface area contributed by atoms with E-state index in [-0.39, 0.29) is 16.7 Å². The van der Waals surface area contributed by atoms with Gasteiger partial charge >= 0.3 is 0 Å². The van der Waals surface area contributed by atoms with E-state index in [0.29, 0.717) is 26.2 Å². The average Bonchev–Trinajstić information content (AvgIpc) is 3.23. The van der Waals surface area contributed by atoms with Gasteiger partial charge in [0.2, 0.25) is 15.0 Å². The molecule has 2 aromatic heterocycles. The number of methoxy groups -OCH3 is 1. The Hall–Kier alpha value is -2.23. The predicted molar refractivity (Wildman–Crippen MR) is 105 cm³/mol. The third-order valence-electron chi connectivity index (χ3n) is 4.59. The first-order valence-corrected chi connectivity index (χ1v) is 10.7. The highest BCUT2D eigenvalue weighted by atomic mass is 32.2. The highest BCUT2D eigenvalue weighted by Gasteiger charge is 2.22. The summed E-state index contributed by atoms with van der Waals surface area (Å²) in [5.74, 6) is -0.268. The number of imidazole rings is 1. The molecule has 0 bridgehead atoms. The van der Waals surface area contributed by atoms with E-state index in [9.17, 15) is 12.8 Å². The molecule has 1 N–H and O–H groups in total. The summed E-state index contributed by atoms with van der Waals surface area (Å²) in [4.78, 5) is 9.49. The van der Waals surface area contributed by atoms with E-state index in [1.807, 2.05) is 18.0 Å². The van der Waals surface area contributed by atoms with Crippen LogP contribution in [-0.2, 0) is 34.2 Å². The molecule has 0 saturated heterocycles. The first kappa shape index (κ1) is 20.5. The summed E-state index contributed by atoms with van der Waals surface area (Å²) in [5.41, 5.74) is 2.63. The lowest BCUT2D eigenvalue weighted by Crippen LogP contribution is -2.22. The van der Waals surface area contributed by atoms with Gasteiger partial charge in [-0.15, -0.1) is 0 Å². The lowest BCUT2D eigenvalue weighted by Gasteiger charge is -2.18. The number of halogens is 1. The Morgan fingerprint density at radius 1 is 1.29 bits per heavy atom. The van der Waals surface area contributed by atoms with Crippen LogP contribution in [0.4, 0.5) is 4.39 Å². The molecule has 28 heavy (non-hydrogen) atoms. The van der Waals surface area contributed by atoms with Crippen LogP contribution in [0, 0.1) is 5.82 Å². The third-order valence-corrected chi connectivity index (χ3v) is 6.23. The van der Waals surface area contributed by atoms with Crippen molar-refractivity contribution in [3.8, 4) is 0 Å². The second-order valence-corrected chi connectivity index (χ2v) is 8.95. The summed E-state index contributed by atoms with van der Waals surface area (Å²) in [7, 11) is 0.0986. The molecule has 3 rings (SSSR count). The van der Waals surface area contributed by atoms with E-state index in [1.54, 1.807) is 30.9 Å². The van der Waals surface area contributed by atoms with Crippen LogP contribution in [0.1, 0.15) is 18.3 Å². The van der Waals surface area contributed by atoms with E-state index >= 15 is 0 Å². The zero-order chi connectivity index (χ0) is 20.3. The Morgan fingerprint density at radius 3 is 2.79 bits per heavy atom. The van der Waals surface area contributed by atoms with Gasteiger partial charge in [0.05, 0.1) is 24.3 Å². The van der Waals surface area contributed by atoms with E-state index in [1.165, 1.54) is 12.1 Å². The van der Waals surface area contributed by atoms with Crippen molar-refractivity contribution in [2.45, 2.75) is 31.7 Å². The molecule has 0 aliphatic heterocycles. The van der Waals surface area contributed by atoms with Crippen LogP contribution in [-0.4, -0.2) is 54.4 Å². The number of aromatic amines is 1. The number of nitrogens with one attached hydrogen (secondary N) is 1. The van der Waals surface area contributed by atoms with Gasteiger partial charge in [-0.05, 0) is 31.3 Å². The molecule has 0 spiro atoms. The first-order valence-electron chi connectivity index (χ1n) is 9.06. The topological polar surface area (TPSA) is 80.2 Å². The number of rotatable bonds is 9. The van der Waals surface area contributed by atoms with Crippen LogP contribution in [0.3, 0.4) is 0 Å². The third kappa shape index (κ3) is 4.43. The average molecular weight is 408 g/mol. The largest absolute Gasteiger partial charge is 0.383 e. The van der Waals surface area contributed by atoms with Crippen molar-refractivity contribution < 1.29 is 17.5 Å². The summed E-state index contributed by atoms with van der Waals surface area (Å²) in [5, 5.41) is 0.904. The number of sulfone groups is 1. The molecule has 0 atom stereocenters. The molecule has 0 aliphatic rings. The highest BCUT2D eigenvalue weighted by molar-refractivity contribution is 7.91. The van der Waals surface area contributed by atoms with Crippen molar-refractivity contribution >= 4 is 20.7 Å². The zero-order valence-corrected chi connectivity index (χ0v) is 17.1. The van der Waals surface area contributed by atoms with Crippen LogP contribution < -0.4 is 0 Å². The van der Waals surface area contributed by atoms with Gasteiger partial charge in [-0.2, -0.15) is 0 Å². The Kier molecular flexibility index (Phi) is 6.17. The van der Waals surface area contributed by atoms with Gasteiger partial charge in [-0.3, -0.25) is 4.90 Å². The lowest BCUT2D eigenvalue weighted by atomic mass is 10.2. The quantitative estimate of drug-likeness (QED) is 0.589. The van der Waals surface area contributed by atoms with Crippen LogP contribution in [0.15, 0.2) is 35.6 Å². The number of hydrogen-bond donors (Lipinski definition) is 1. The second-order valence-electron chi connectivity index (χ2n) is 6.78. The van der Waals surface area contributed by atoms with Crippen molar-refractivity contribution in [2.75, 3.05) is 26.5 Å². The summed E-state index contributed by atoms with van der Waals surface area (Å²) in [6.07, 6.45) is 1.61. The summed E-state index contributed by atoms with van der Waals surface area (Å²) < 4.78 is 44.9. The maximum absolute atomic E-state index is 13.4. The fourth-order valence-electron chi connectivity index (χ4n) is 3.19. The zero-order valence-electron chi connectivity index (χ0n) is 16.3. The molecule has 9 heteroatoms. The van der Waals surface area contributed by atoms with Crippen molar-refractivity contribution in [1.82, 2.24) is 19.4 Å². The molecule has 0 saturated carbocycles. The Bertz CT molecular complexity index is 1060. The molecule has 3 aromatic rings. The lowest BCUT2D eigenvalue weighted by molar-refractivity contribution is 0.182. The minimum atomic E-state index is -3.42. The van der Waals surface area contributed by atoms with Crippen LogP contribution in [0.2, 0.25) is 0 Å². The fraction of sp³-hybridized carbons (Fsp3) is 0.421. The number of H-pyrrole nitrogens is 1. The highest BCUT2D eigenvalue weighted by Crippen LogP contribution is 2.19. The number of ether oxygens (including phenoxy) is 1. The van der Waals surface area contributed by atoms with Crippen molar-refractivity contribution in [1.29, 1.82) is 0 Å². The van der Waals surface area contributed by atoms with Gasteiger partial charge in [-0.1, -0.05) is 6.92 Å². The Morgan fingerprint density at radius 2 is 2.07 bits per heavy atom. The second kappa shape index (κ2) is 8.42. The van der Waals surface area contributed by atoms with Crippen LogP contribution in [0.25, 0.3) is 10.9 Å². The van der Waals surface area contributed by atoms with Gasteiger partial charge in [0, 0.05) is 43.3 Å². The van der Waals surface area contributed by atoms with Crippen LogP contribution in [0.5, 0.6) is 0 Å². The minimum absolute atomic E-state index is 0.00208. The first-order chi connectivity index (χ1) is 13.3. The number of aromatic nitrogens is 3. The van der Waals surface area contributed by atoms with Crippen molar-refractivity contribution in [2.24, 2.45) is 0 Å². The Balaban J connectivity index is 1.79. The number of nitrogens with zero attached hydrogens (tertiary/aromatic N) is 3. The van der Waals surface area contributed by atoms with E-state index in [2.05, 4.69) is 9.97 Å². The smallest absolute Gasteiger partial charge is 0.227 e. The standard InChI is InChI=1S/C19H25FN4O3S/c1-4-28(25,26)19-21-11-17(24(19)7-8-27-3)13-23(2)12-16-10-14-9-15(20)5-6-18(14)22-16/h5-6,9-11,22H,4,7-8,12-13H2,1-3H3. The molecule has 0 unspecified atom stereocenters. The van der Waals surface area contributed by atoms with Gasteiger partial charge in [0.1, 0.15) is 5.82 Å². The SMILES string of the molecule is CCS(=O)(=O)c1ncc(CN(C)Cc2cc3cc(F)ccc3[nH]2)n1CCOC. The Labute approximate surface area is 164 Å². The molecule has 1 aromatic carbocycles. The number of benzene rings is 1. The molecule has 0 amide bonds. The van der Waals surface area contributed by atoms with Gasteiger partial charge in [-0.25, -0.2) is 17.8 Å². The maximum Gasteiger partial charge on any atom is 0.227 e. The molecule has 152 valence electrons. The molecular formula is C19H25FN4O3S.